The van der Waals surface area contributed by atoms with Gasteiger partial charge in [-0.2, -0.15) is 0 Å². The van der Waals surface area contributed by atoms with Crippen LogP contribution in [0.5, 0.6) is 0 Å². The van der Waals surface area contributed by atoms with Crippen LogP contribution in [0.3, 0.4) is 0 Å². The van der Waals surface area contributed by atoms with E-state index in [2.05, 4.69) is 11.4 Å². The Balaban J connectivity index is 2.03. The van der Waals surface area contributed by atoms with Gasteiger partial charge in [-0.3, -0.25) is 0 Å². The van der Waals surface area contributed by atoms with Crippen molar-refractivity contribution in [3.05, 3.63) is 0 Å². The molecule has 2 nitrogen and oxygen atoms in total. The molecule has 0 atom stereocenters. The maximum Gasteiger partial charge on any atom is 0.0816 e. The van der Waals surface area contributed by atoms with Gasteiger partial charge in [-0.05, 0) is 19.9 Å². The lowest BCUT2D eigenvalue weighted by molar-refractivity contribution is 0.431. The van der Waals surface area contributed by atoms with E-state index in [1.807, 2.05) is 0 Å². The molecular formula is C5H11NOS. The summed E-state index contributed by atoms with van der Waals surface area (Å²) in [6, 6.07) is 0.792. The molecule has 1 rings (SSSR count). The van der Waals surface area contributed by atoms with Crippen molar-refractivity contribution in [2.24, 2.45) is 0 Å². The standard InChI is InChI=1S/C5H11NOS/c1-6(8-7-2)5-3-4-5/h5H,3-4H2,1-2H3. The van der Waals surface area contributed by atoms with E-state index >= 15 is 0 Å². The Kier molecular flexibility index (Phi) is 2.16. The summed E-state index contributed by atoms with van der Waals surface area (Å²) < 4.78 is 7.00. The van der Waals surface area contributed by atoms with Crippen LogP contribution >= 0.6 is 12.2 Å². The second kappa shape index (κ2) is 2.71. The first-order chi connectivity index (χ1) is 3.84. The van der Waals surface area contributed by atoms with E-state index in [1.54, 1.807) is 7.11 Å². The van der Waals surface area contributed by atoms with E-state index < -0.39 is 0 Å². The molecule has 0 unspecified atom stereocenters. The molecule has 1 saturated carbocycles. The van der Waals surface area contributed by atoms with Gasteiger partial charge in [0.1, 0.15) is 0 Å². The van der Waals surface area contributed by atoms with Gasteiger partial charge < -0.3 is 4.18 Å². The summed E-state index contributed by atoms with van der Waals surface area (Å²) in [7, 11) is 3.76. The van der Waals surface area contributed by atoms with Crippen LogP contribution in [0.2, 0.25) is 0 Å². The third-order valence-corrected chi connectivity index (χ3v) is 1.94. The third kappa shape index (κ3) is 1.65. The van der Waals surface area contributed by atoms with Gasteiger partial charge in [0.2, 0.25) is 0 Å². The van der Waals surface area contributed by atoms with Crippen molar-refractivity contribution >= 4 is 12.2 Å². The zero-order valence-corrected chi connectivity index (χ0v) is 6.07. The van der Waals surface area contributed by atoms with Crippen molar-refractivity contribution in [3.8, 4) is 0 Å². The Hall–Kier alpha value is 0.270. The van der Waals surface area contributed by atoms with Gasteiger partial charge in [0, 0.05) is 6.04 Å². The highest BCUT2D eigenvalue weighted by Crippen LogP contribution is 2.29. The van der Waals surface area contributed by atoms with Gasteiger partial charge in [-0.15, -0.1) is 0 Å². The van der Waals surface area contributed by atoms with Crippen molar-refractivity contribution in [2.75, 3.05) is 14.2 Å². The molecule has 0 heterocycles. The van der Waals surface area contributed by atoms with Gasteiger partial charge in [0.25, 0.3) is 0 Å². The molecule has 0 radical (unpaired) electrons. The first-order valence-corrected chi connectivity index (χ1v) is 3.48. The first-order valence-electron chi connectivity index (χ1n) is 2.78. The van der Waals surface area contributed by atoms with E-state index in [0.717, 1.165) is 6.04 Å². The molecule has 1 aliphatic rings. The SMILES string of the molecule is COSN(C)C1CC1. The summed E-state index contributed by atoms with van der Waals surface area (Å²) in [5.41, 5.74) is 0. The molecule has 1 aliphatic carbocycles. The van der Waals surface area contributed by atoms with Gasteiger partial charge in [0.05, 0.1) is 19.3 Å². The maximum atomic E-state index is 4.85. The average Bonchev–Trinajstić information content (AvgIpc) is 2.45. The van der Waals surface area contributed by atoms with E-state index in [4.69, 9.17) is 4.18 Å². The molecule has 0 amide bonds. The predicted molar refractivity (Wildman–Crippen MR) is 35.4 cm³/mol. The summed E-state index contributed by atoms with van der Waals surface area (Å²) in [6.45, 7) is 0. The van der Waals surface area contributed by atoms with Crippen LogP contribution in [-0.2, 0) is 4.18 Å². The first kappa shape index (κ1) is 6.39. The van der Waals surface area contributed by atoms with Gasteiger partial charge in [-0.1, -0.05) is 0 Å². The van der Waals surface area contributed by atoms with Crippen molar-refractivity contribution < 1.29 is 4.18 Å². The fourth-order valence-electron chi connectivity index (χ4n) is 0.617. The molecule has 0 bridgehead atoms. The lowest BCUT2D eigenvalue weighted by Crippen LogP contribution is -2.10. The minimum Gasteiger partial charge on any atom is -0.304 e. The largest absolute Gasteiger partial charge is 0.304 e. The Morgan fingerprint density at radius 1 is 1.62 bits per heavy atom. The molecule has 0 aromatic carbocycles. The zero-order valence-electron chi connectivity index (χ0n) is 5.26. The number of rotatable bonds is 3. The van der Waals surface area contributed by atoms with E-state index in [-0.39, 0.29) is 0 Å². The highest BCUT2D eigenvalue weighted by Gasteiger charge is 2.26. The minimum absolute atomic E-state index is 0.792. The van der Waals surface area contributed by atoms with Crippen LogP contribution in [0.15, 0.2) is 0 Å². The van der Waals surface area contributed by atoms with Crippen LogP contribution in [0.1, 0.15) is 12.8 Å². The monoisotopic (exact) mass is 133 g/mol. The molecule has 48 valence electrons. The molecule has 0 aromatic heterocycles. The van der Waals surface area contributed by atoms with E-state index in [0.29, 0.717) is 0 Å². The highest BCUT2D eigenvalue weighted by molar-refractivity contribution is 7.92. The fraction of sp³-hybridized carbons (Fsp3) is 1.00. The van der Waals surface area contributed by atoms with Gasteiger partial charge in [-0.25, -0.2) is 4.31 Å². The molecule has 8 heavy (non-hydrogen) atoms. The van der Waals surface area contributed by atoms with Crippen LogP contribution in [0.25, 0.3) is 0 Å². The fourth-order valence-corrected chi connectivity index (χ4v) is 1.18. The summed E-state index contributed by atoms with van der Waals surface area (Å²) in [5.74, 6) is 0. The third-order valence-electron chi connectivity index (χ3n) is 1.25. The van der Waals surface area contributed by atoms with Crippen LogP contribution in [0, 0.1) is 0 Å². The topological polar surface area (TPSA) is 12.5 Å². The molecule has 1 fully saturated rings. The Morgan fingerprint density at radius 2 is 2.25 bits per heavy atom. The summed E-state index contributed by atoms with van der Waals surface area (Å²) in [6.07, 6.45) is 2.68. The normalized spacial score (nSPS) is 19.9. The van der Waals surface area contributed by atoms with Gasteiger partial charge in [0.15, 0.2) is 0 Å². The van der Waals surface area contributed by atoms with E-state index in [9.17, 15) is 0 Å². The Morgan fingerprint density at radius 3 is 2.62 bits per heavy atom. The lowest BCUT2D eigenvalue weighted by Gasteiger charge is -2.09. The average molecular weight is 133 g/mol. The molecule has 0 spiro atoms. The smallest absolute Gasteiger partial charge is 0.0816 e. The van der Waals surface area contributed by atoms with Crippen LogP contribution in [-0.4, -0.2) is 24.5 Å². The Labute approximate surface area is 54.5 Å². The van der Waals surface area contributed by atoms with Crippen molar-refractivity contribution in [1.82, 2.24) is 4.31 Å². The van der Waals surface area contributed by atoms with Crippen LogP contribution in [0.4, 0.5) is 0 Å². The summed E-state index contributed by atoms with van der Waals surface area (Å²) in [5, 5.41) is 0. The second-order valence-electron chi connectivity index (χ2n) is 2.02. The van der Waals surface area contributed by atoms with E-state index in [1.165, 1.54) is 25.1 Å². The zero-order chi connectivity index (χ0) is 5.98. The molecule has 0 N–H and O–H groups in total. The minimum atomic E-state index is 0.792. The molecule has 0 aromatic rings. The maximum absolute atomic E-state index is 4.85. The van der Waals surface area contributed by atoms with Crippen LogP contribution < -0.4 is 0 Å². The molecule has 0 aliphatic heterocycles. The Bertz CT molecular complexity index is 74.8. The summed E-state index contributed by atoms with van der Waals surface area (Å²) >= 11 is 1.44. The molecule has 0 saturated heterocycles. The number of hydrogen-bond donors (Lipinski definition) is 0. The quantitative estimate of drug-likeness (QED) is 0.425. The van der Waals surface area contributed by atoms with Crippen molar-refractivity contribution in [2.45, 2.75) is 18.9 Å². The van der Waals surface area contributed by atoms with Gasteiger partial charge >= 0.3 is 0 Å². The van der Waals surface area contributed by atoms with Crippen molar-refractivity contribution in [3.63, 3.8) is 0 Å². The number of hydrogen-bond acceptors (Lipinski definition) is 3. The molecular weight excluding hydrogens is 122 g/mol. The predicted octanol–water partition coefficient (Wildman–Crippen LogP) is 1.29. The number of nitrogens with zero attached hydrogens (tertiary/aromatic N) is 1. The molecule has 3 heteroatoms. The summed E-state index contributed by atoms with van der Waals surface area (Å²) in [4.78, 5) is 0. The lowest BCUT2D eigenvalue weighted by atomic mass is 10.7. The highest BCUT2D eigenvalue weighted by atomic mass is 32.2. The van der Waals surface area contributed by atoms with Crippen molar-refractivity contribution in [1.29, 1.82) is 0 Å². The second-order valence-corrected chi connectivity index (χ2v) is 3.08.